The zero-order chi connectivity index (χ0) is 11.4. The van der Waals surface area contributed by atoms with Gasteiger partial charge in [0.05, 0.1) is 12.4 Å². The van der Waals surface area contributed by atoms with E-state index in [0.717, 1.165) is 26.1 Å². The van der Waals surface area contributed by atoms with Gasteiger partial charge in [-0.3, -0.25) is 9.69 Å². The summed E-state index contributed by atoms with van der Waals surface area (Å²) < 4.78 is 2.06. The van der Waals surface area contributed by atoms with Gasteiger partial charge in [0.25, 0.3) is 0 Å². The van der Waals surface area contributed by atoms with Gasteiger partial charge in [0, 0.05) is 25.5 Å². The average Bonchev–Trinajstić information content (AvgIpc) is 2.79. The fourth-order valence-corrected chi connectivity index (χ4v) is 2.38. The fourth-order valence-electron chi connectivity index (χ4n) is 2.38. The maximum Gasteiger partial charge on any atom is 0.146 e. The zero-order valence-corrected chi connectivity index (χ0v) is 9.80. The minimum absolute atomic E-state index is 0.150. The van der Waals surface area contributed by atoms with Crippen LogP contribution in [0, 0.1) is 0 Å². The van der Waals surface area contributed by atoms with Crippen molar-refractivity contribution in [3.05, 3.63) is 18.7 Å². The topological polar surface area (TPSA) is 38.1 Å². The Labute approximate surface area is 96.3 Å². The normalized spacial score (nSPS) is 22.2. The third kappa shape index (κ3) is 2.70. The lowest BCUT2D eigenvalue weighted by Crippen LogP contribution is -2.45. The summed E-state index contributed by atoms with van der Waals surface area (Å²) in [4.78, 5) is 17.8. The quantitative estimate of drug-likeness (QED) is 0.769. The third-order valence-electron chi connectivity index (χ3n) is 3.29. The molecule has 1 unspecified atom stereocenters. The molecule has 16 heavy (non-hydrogen) atoms. The molecule has 0 radical (unpaired) electrons. The molecule has 0 aromatic carbocycles. The van der Waals surface area contributed by atoms with Crippen LogP contribution in [0.5, 0.6) is 0 Å². The molecule has 1 saturated heterocycles. The number of hydrogen-bond donors (Lipinski definition) is 0. The number of ketones is 1. The zero-order valence-electron chi connectivity index (χ0n) is 9.80. The van der Waals surface area contributed by atoms with Gasteiger partial charge in [-0.2, -0.15) is 0 Å². The van der Waals surface area contributed by atoms with Crippen molar-refractivity contribution in [1.29, 1.82) is 0 Å². The predicted molar refractivity (Wildman–Crippen MR) is 62.1 cm³/mol. The molecule has 0 bridgehead atoms. The molecule has 0 spiro atoms. The van der Waals surface area contributed by atoms with Crippen LogP contribution in [0.2, 0.25) is 0 Å². The lowest BCUT2D eigenvalue weighted by atomic mass is 9.99. The molecule has 0 aliphatic carbocycles. The van der Waals surface area contributed by atoms with Crippen molar-refractivity contribution in [3.63, 3.8) is 0 Å². The Kier molecular flexibility index (Phi) is 3.72. The molecule has 0 N–H and O–H groups in total. The van der Waals surface area contributed by atoms with Crippen molar-refractivity contribution >= 4 is 5.78 Å². The largest absolute Gasteiger partial charge is 0.336 e. The standard InChI is InChI=1S/C12H19N3O/c1-11(16)12-4-2-3-6-15(12)9-8-14-7-5-13-10-14/h5,7,10,12H,2-4,6,8-9H2,1H3. The summed E-state index contributed by atoms with van der Waals surface area (Å²) in [6.45, 7) is 4.63. The first-order valence-corrected chi connectivity index (χ1v) is 5.97. The van der Waals surface area contributed by atoms with Crippen LogP contribution in [-0.4, -0.2) is 39.4 Å². The molecule has 0 amide bonds. The van der Waals surface area contributed by atoms with Crippen LogP contribution in [0.4, 0.5) is 0 Å². The number of carbonyl (C=O) groups is 1. The summed E-state index contributed by atoms with van der Waals surface area (Å²) >= 11 is 0. The van der Waals surface area contributed by atoms with Crippen molar-refractivity contribution in [2.24, 2.45) is 0 Å². The van der Waals surface area contributed by atoms with E-state index in [1.807, 2.05) is 12.5 Å². The lowest BCUT2D eigenvalue weighted by Gasteiger charge is -2.34. The number of likely N-dealkylation sites (tertiary alicyclic amines) is 1. The van der Waals surface area contributed by atoms with Gasteiger partial charge in [0.2, 0.25) is 0 Å². The van der Waals surface area contributed by atoms with Crippen LogP contribution in [0.25, 0.3) is 0 Å². The van der Waals surface area contributed by atoms with Crippen LogP contribution >= 0.6 is 0 Å². The second-order valence-electron chi connectivity index (χ2n) is 4.46. The maximum absolute atomic E-state index is 11.5. The number of aromatic nitrogens is 2. The van der Waals surface area contributed by atoms with Crippen molar-refractivity contribution in [2.45, 2.75) is 38.8 Å². The van der Waals surface area contributed by atoms with Gasteiger partial charge in [-0.1, -0.05) is 6.42 Å². The van der Waals surface area contributed by atoms with Crippen molar-refractivity contribution < 1.29 is 4.79 Å². The summed E-state index contributed by atoms with van der Waals surface area (Å²) in [5.74, 6) is 0.310. The lowest BCUT2D eigenvalue weighted by molar-refractivity contribution is -0.123. The highest BCUT2D eigenvalue weighted by atomic mass is 16.1. The Balaban J connectivity index is 1.89. The minimum atomic E-state index is 0.150. The Morgan fingerprint density at radius 2 is 2.31 bits per heavy atom. The molecule has 4 nitrogen and oxygen atoms in total. The molecule has 1 fully saturated rings. The summed E-state index contributed by atoms with van der Waals surface area (Å²) in [6, 6.07) is 0.150. The SMILES string of the molecule is CC(=O)C1CCCCN1CCn1ccnc1. The van der Waals surface area contributed by atoms with Crippen molar-refractivity contribution in [2.75, 3.05) is 13.1 Å². The first-order chi connectivity index (χ1) is 7.77. The van der Waals surface area contributed by atoms with E-state index in [1.165, 1.54) is 12.8 Å². The number of nitrogens with zero attached hydrogens (tertiary/aromatic N) is 3. The van der Waals surface area contributed by atoms with E-state index in [4.69, 9.17) is 0 Å². The highest BCUT2D eigenvalue weighted by Crippen LogP contribution is 2.17. The van der Waals surface area contributed by atoms with Crippen molar-refractivity contribution in [1.82, 2.24) is 14.5 Å². The molecule has 1 aliphatic heterocycles. The average molecular weight is 221 g/mol. The van der Waals surface area contributed by atoms with E-state index in [1.54, 1.807) is 13.1 Å². The van der Waals surface area contributed by atoms with E-state index in [2.05, 4.69) is 14.5 Å². The first kappa shape index (κ1) is 11.3. The third-order valence-corrected chi connectivity index (χ3v) is 3.29. The number of hydrogen-bond acceptors (Lipinski definition) is 3. The minimum Gasteiger partial charge on any atom is -0.336 e. The van der Waals surface area contributed by atoms with Gasteiger partial charge < -0.3 is 4.57 Å². The van der Waals surface area contributed by atoms with Gasteiger partial charge in [-0.15, -0.1) is 0 Å². The molecular weight excluding hydrogens is 202 g/mol. The summed E-state index contributed by atoms with van der Waals surface area (Å²) in [7, 11) is 0. The monoisotopic (exact) mass is 221 g/mol. The van der Waals surface area contributed by atoms with Crippen LogP contribution in [0.1, 0.15) is 26.2 Å². The molecule has 1 aromatic rings. The number of piperidine rings is 1. The molecular formula is C12H19N3O. The summed E-state index contributed by atoms with van der Waals surface area (Å²) in [5.41, 5.74) is 0. The van der Waals surface area contributed by atoms with Gasteiger partial charge >= 0.3 is 0 Å². The van der Waals surface area contributed by atoms with Crippen LogP contribution in [0.15, 0.2) is 18.7 Å². The number of Topliss-reactive ketones (excluding diaryl/α,β-unsaturated/α-hetero) is 1. The van der Waals surface area contributed by atoms with E-state index in [0.29, 0.717) is 5.78 Å². The predicted octanol–water partition coefficient (Wildman–Crippen LogP) is 1.33. The second kappa shape index (κ2) is 5.25. The molecule has 4 heteroatoms. The first-order valence-electron chi connectivity index (χ1n) is 5.97. The molecule has 88 valence electrons. The van der Waals surface area contributed by atoms with E-state index < -0.39 is 0 Å². The van der Waals surface area contributed by atoms with Gasteiger partial charge in [-0.05, 0) is 26.3 Å². The van der Waals surface area contributed by atoms with Crippen LogP contribution in [0.3, 0.4) is 0 Å². The molecule has 1 aromatic heterocycles. The van der Waals surface area contributed by atoms with Crippen LogP contribution < -0.4 is 0 Å². The Morgan fingerprint density at radius 3 is 3.00 bits per heavy atom. The molecule has 2 heterocycles. The number of imidazole rings is 1. The number of rotatable bonds is 4. The molecule has 2 rings (SSSR count). The summed E-state index contributed by atoms with van der Waals surface area (Å²) in [5, 5.41) is 0. The Hall–Kier alpha value is -1.16. The van der Waals surface area contributed by atoms with E-state index >= 15 is 0 Å². The van der Waals surface area contributed by atoms with E-state index in [9.17, 15) is 4.79 Å². The molecule has 1 aliphatic rings. The highest BCUT2D eigenvalue weighted by molar-refractivity contribution is 5.81. The maximum atomic E-state index is 11.5. The van der Waals surface area contributed by atoms with Gasteiger partial charge in [0.15, 0.2) is 0 Å². The summed E-state index contributed by atoms with van der Waals surface area (Å²) in [6.07, 6.45) is 9.01. The van der Waals surface area contributed by atoms with Gasteiger partial charge in [0.1, 0.15) is 5.78 Å². The van der Waals surface area contributed by atoms with Crippen molar-refractivity contribution in [3.8, 4) is 0 Å². The Bertz CT molecular complexity index is 334. The smallest absolute Gasteiger partial charge is 0.146 e. The molecule has 1 atom stereocenters. The van der Waals surface area contributed by atoms with E-state index in [-0.39, 0.29) is 6.04 Å². The number of carbonyl (C=O) groups excluding carboxylic acids is 1. The highest BCUT2D eigenvalue weighted by Gasteiger charge is 2.25. The Morgan fingerprint density at radius 1 is 1.44 bits per heavy atom. The second-order valence-corrected chi connectivity index (χ2v) is 4.46. The fraction of sp³-hybridized carbons (Fsp3) is 0.667. The van der Waals surface area contributed by atoms with Crippen LogP contribution in [-0.2, 0) is 11.3 Å². The molecule has 0 saturated carbocycles. The van der Waals surface area contributed by atoms with Gasteiger partial charge in [-0.25, -0.2) is 4.98 Å².